The van der Waals surface area contributed by atoms with Gasteiger partial charge in [0.1, 0.15) is 31.8 Å². The first-order chi connectivity index (χ1) is 33.4. The average molecular weight is 978 g/mol. The molecule has 4 bridgehead atoms. The summed E-state index contributed by atoms with van der Waals surface area (Å²) in [7, 11) is 0. The average Bonchev–Trinajstić information content (AvgIpc) is 3.32. The zero-order valence-corrected chi connectivity index (χ0v) is 43.8. The first-order valence-electron chi connectivity index (χ1n) is 27.7. The topological polar surface area (TPSA) is 170 Å². The van der Waals surface area contributed by atoms with E-state index in [1.54, 1.807) is 0 Å². The van der Waals surface area contributed by atoms with Crippen LogP contribution in [0.5, 0.6) is 0 Å². The van der Waals surface area contributed by atoms with E-state index in [9.17, 15) is 28.8 Å². The molecule has 0 aromatic rings. The standard InChI is InChI=1S/C55H95NO13/c1-5-9-11-13-15-17-23-31-63-48(57)26-19-21-28-50(59)66-41-55(44-69-53(62)65-33-25-30-56(7-3)8-4,43-68-52(61)40-54-37-45-34-46(38-54)36-47(35-45)39-54)42-67-51(60)29-22-20-27-49(58)64-32-24-18-16-14-12-10-6-2/h45-47H,5-44H2,1-4H3. The lowest BCUT2D eigenvalue weighted by molar-refractivity contribution is -0.169. The van der Waals surface area contributed by atoms with Crippen molar-refractivity contribution in [2.45, 2.75) is 220 Å². The highest BCUT2D eigenvalue weighted by Crippen LogP contribution is 2.61. The van der Waals surface area contributed by atoms with Crippen molar-refractivity contribution in [1.82, 2.24) is 4.90 Å². The van der Waals surface area contributed by atoms with E-state index < -0.39 is 30.1 Å². The summed E-state index contributed by atoms with van der Waals surface area (Å²) in [6, 6.07) is 0. The predicted molar refractivity (Wildman–Crippen MR) is 265 cm³/mol. The Balaban J connectivity index is 1.59. The van der Waals surface area contributed by atoms with Gasteiger partial charge in [0.05, 0.1) is 26.2 Å². The predicted octanol–water partition coefficient (Wildman–Crippen LogP) is 11.8. The largest absolute Gasteiger partial charge is 0.508 e. The van der Waals surface area contributed by atoms with Crippen molar-refractivity contribution < 1.29 is 61.9 Å². The van der Waals surface area contributed by atoms with Gasteiger partial charge in [-0.15, -0.1) is 0 Å². The molecule has 0 aromatic carbocycles. The molecule has 0 amide bonds. The molecule has 0 radical (unpaired) electrons. The molecule has 4 rings (SSSR count). The van der Waals surface area contributed by atoms with E-state index in [-0.39, 0.29) is 81.9 Å². The molecule has 4 saturated carbocycles. The third-order valence-electron chi connectivity index (χ3n) is 14.6. The summed E-state index contributed by atoms with van der Waals surface area (Å²) >= 11 is 0. The van der Waals surface area contributed by atoms with Crippen molar-refractivity contribution in [2.24, 2.45) is 28.6 Å². The van der Waals surface area contributed by atoms with Gasteiger partial charge in [0, 0.05) is 32.2 Å². The van der Waals surface area contributed by atoms with Crippen LogP contribution in [0, 0.1) is 28.6 Å². The Hall–Kier alpha value is -3.42. The molecule has 69 heavy (non-hydrogen) atoms. The van der Waals surface area contributed by atoms with Gasteiger partial charge in [0.15, 0.2) is 0 Å². The lowest BCUT2D eigenvalue weighted by Gasteiger charge is -2.56. The van der Waals surface area contributed by atoms with Crippen LogP contribution in [0.3, 0.4) is 0 Å². The molecule has 0 aliphatic heterocycles. The van der Waals surface area contributed by atoms with Gasteiger partial charge in [0.2, 0.25) is 0 Å². The normalized spacial score (nSPS) is 19.3. The highest BCUT2D eigenvalue weighted by molar-refractivity contribution is 5.72. The minimum atomic E-state index is -1.44. The fourth-order valence-electron chi connectivity index (χ4n) is 10.9. The minimum absolute atomic E-state index is 0.0175. The quantitative estimate of drug-likeness (QED) is 0.0321. The van der Waals surface area contributed by atoms with Crippen LogP contribution in [0.2, 0.25) is 0 Å². The Morgan fingerprint density at radius 3 is 1.20 bits per heavy atom. The molecule has 4 fully saturated rings. The molecule has 0 saturated heterocycles. The van der Waals surface area contributed by atoms with Crippen molar-refractivity contribution in [3.8, 4) is 0 Å². The highest BCUT2D eigenvalue weighted by atomic mass is 16.7. The number of carbonyl (C=O) groups is 6. The van der Waals surface area contributed by atoms with Gasteiger partial charge in [-0.25, -0.2) is 4.79 Å². The van der Waals surface area contributed by atoms with Crippen molar-refractivity contribution in [1.29, 1.82) is 0 Å². The molecule has 0 unspecified atom stereocenters. The Morgan fingerprint density at radius 1 is 0.420 bits per heavy atom. The van der Waals surface area contributed by atoms with Gasteiger partial charge in [0.25, 0.3) is 0 Å². The lowest BCUT2D eigenvalue weighted by atomic mass is 9.49. The van der Waals surface area contributed by atoms with Gasteiger partial charge in [-0.2, -0.15) is 0 Å². The van der Waals surface area contributed by atoms with Crippen LogP contribution < -0.4 is 0 Å². The van der Waals surface area contributed by atoms with Crippen molar-refractivity contribution in [2.75, 3.05) is 65.9 Å². The Morgan fingerprint density at radius 2 is 0.783 bits per heavy atom. The molecular weight excluding hydrogens is 883 g/mol. The summed E-state index contributed by atoms with van der Waals surface area (Å²) < 4.78 is 39.4. The van der Waals surface area contributed by atoms with Crippen LogP contribution in [0.15, 0.2) is 0 Å². The molecular formula is C55H95NO13. The van der Waals surface area contributed by atoms with E-state index in [2.05, 4.69) is 32.6 Å². The van der Waals surface area contributed by atoms with Gasteiger partial charge in [-0.1, -0.05) is 105 Å². The van der Waals surface area contributed by atoms with Crippen LogP contribution >= 0.6 is 0 Å². The molecule has 0 heterocycles. The number of hydrogen-bond acceptors (Lipinski definition) is 14. The van der Waals surface area contributed by atoms with E-state index >= 15 is 0 Å². The zero-order valence-electron chi connectivity index (χ0n) is 43.8. The number of rotatable bonds is 42. The van der Waals surface area contributed by atoms with Crippen molar-refractivity contribution >= 4 is 36.0 Å². The van der Waals surface area contributed by atoms with Crippen LogP contribution in [-0.2, 0) is 57.1 Å². The SMILES string of the molecule is CCCCCCCCCOC(=O)CCCCC(=O)OCC(COC(=O)CCCCC(=O)OCCCCCCCCC)(COC(=O)CC12CC3CC(CC(C3)C1)C2)COC(=O)OCCCN(CC)CC. The Bertz CT molecular complexity index is 1370. The highest BCUT2D eigenvalue weighted by Gasteiger charge is 2.52. The summed E-state index contributed by atoms with van der Waals surface area (Å²) in [5.74, 6) is -0.128. The zero-order chi connectivity index (χ0) is 50.0. The first-order valence-corrected chi connectivity index (χ1v) is 27.7. The summed E-state index contributed by atoms with van der Waals surface area (Å²) in [5.41, 5.74) is -1.53. The monoisotopic (exact) mass is 978 g/mol. The summed E-state index contributed by atoms with van der Waals surface area (Å²) in [5, 5.41) is 0. The minimum Gasteiger partial charge on any atom is -0.466 e. The molecule has 4 aliphatic rings. The molecule has 14 nitrogen and oxygen atoms in total. The summed E-state index contributed by atoms with van der Waals surface area (Å²) in [4.78, 5) is 80.1. The third kappa shape index (κ3) is 26.6. The molecule has 398 valence electrons. The Kier molecular flexibility index (Phi) is 30.9. The first kappa shape index (κ1) is 59.9. The van der Waals surface area contributed by atoms with Crippen molar-refractivity contribution in [3.63, 3.8) is 0 Å². The van der Waals surface area contributed by atoms with E-state index in [0.29, 0.717) is 63.1 Å². The number of esters is 5. The smallest absolute Gasteiger partial charge is 0.466 e. The van der Waals surface area contributed by atoms with E-state index in [0.717, 1.165) is 77.4 Å². The lowest BCUT2D eigenvalue weighted by Crippen LogP contribution is -2.47. The number of ether oxygens (including phenoxy) is 7. The second-order valence-electron chi connectivity index (χ2n) is 20.9. The Labute approximate surface area is 416 Å². The molecule has 0 spiro atoms. The van der Waals surface area contributed by atoms with E-state index in [1.165, 1.54) is 70.6 Å². The summed E-state index contributed by atoms with van der Waals surface area (Å²) in [6.07, 6.45) is 24.6. The van der Waals surface area contributed by atoms with Gasteiger partial charge in [-0.3, -0.25) is 24.0 Å². The molecule has 0 N–H and O–H groups in total. The van der Waals surface area contributed by atoms with E-state index in [4.69, 9.17) is 33.2 Å². The van der Waals surface area contributed by atoms with Crippen LogP contribution in [0.4, 0.5) is 4.79 Å². The van der Waals surface area contributed by atoms with Crippen LogP contribution in [0.1, 0.15) is 220 Å². The van der Waals surface area contributed by atoms with Crippen LogP contribution in [0.25, 0.3) is 0 Å². The number of nitrogens with zero attached hydrogens (tertiary/aromatic N) is 1. The second kappa shape index (κ2) is 35.6. The number of hydrogen-bond donors (Lipinski definition) is 0. The third-order valence-corrected chi connectivity index (χ3v) is 14.6. The maximum atomic E-state index is 13.8. The summed E-state index contributed by atoms with van der Waals surface area (Å²) in [6.45, 7) is 10.5. The van der Waals surface area contributed by atoms with Gasteiger partial charge >= 0.3 is 36.0 Å². The van der Waals surface area contributed by atoms with E-state index in [1.807, 2.05) is 0 Å². The maximum Gasteiger partial charge on any atom is 0.508 e. The van der Waals surface area contributed by atoms with Crippen molar-refractivity contribution in [3.05, 3.63) is 0 Å². The fraction of sp³-hybridized carbons (Fsp3) is 0.891. The maximum absolute atomic E-state index is 13.8. The second-order valence-corrected chi connectivity index (χ2v) is 20.9. The number of unbranched alkanes of at least 4 members (excludes halogenated alkanes) is 14. The number of carbonyl (C=O) groups excluding carboxylic acids is 6. The molecule has 0 atom stereocenters. The molecule has 4 aliphatic carbocycles. The van der Waals surface area contributed by atoms with Gasteiger partial charge in [-0.05, 0) is 120 Å². The molecule has 0 aromatic heterocycles. The molecule has 14 heteroatoms. The van der Waals surface area contributed by atoms with Crippen LogP contribution in [-0.4, -0.2) is 107 Å². The fourth-order valence-corrected chi connectivity index (χ4v) is 10.9. The van der Waals surface area contributed by atoms with Gasteiger partial charge < -0.3 is 38.1 Å².